The Morgan fingerprint density at radius 3 is 1.66 bits per heavy atom. The van der Waals surface area contributed by atoms with Crippen molar-refractivity contribution < 1.29 is 0 Å². The van der Waals surface area contributed by atoms with Gasteiger partial charge in [-0.1, -0.05) is 0 Å². The van der Waals surface area contributed by atoms with Gasteiger partial charge in [-0.15, -0.1) is 34.0 Å². The molecule has 8 aromatic rings. The first-order valence-corrected chi connectivity index (χ1v) is 11.4. The average Bonchev–Trinajstić information content (AvgIpc) is 3.49. The van der Waals surface area contributed by atoms with Crippen molar-refractivity contribution in [3.63, 3.8) is 0 Å². The summed E-state index contributed by atoms with van der Waals surface area (Å²) >= 11 is 4.33. The van der Waals surface area contributed by atoms with Crippen LogP contribution in [0.15, 0.2) is 44.6 Å². The molecule has 0 amide bonds. The maximum absolute atomic E-state index is 13.4. The molecule has 0 N–H and O–H groups in total. The Balaban J connectivity index is 1.77. The summed E-state index contributed by atoms with van der Waals surface area (Å²) < 4.78 is 4.57. The minimum absolute atomic E-state index is 0.111. The fourth-order valence-electron chi connectivity index (χ4n) is 4.55. The quantitative estimate of drug-likeness (QED) is 0.332. The molecule has 29 heavy (non-hydrogen) atoms. The van der Waals surface area contributed by atoms with Crippen molar-refractivity contribution in [2.75, 3.05) is 0 Å². The van der Waals surface area contributed by atoms with E-state index in [2.05, 4.69) is 0 Å². The van der Waals surface area contributed by atoms with Gasteiger partial charge in [-0.2, -0.15) is 0 Å². The van der Waals surface area contributed by atoms with Crippen LogP contribution in [0.2, 0.25) is 0 Å². The van der Waals surface area contributed by atoms with Crippen molar-refractivity contribution in [1.82, 2.24) is 18.8 Å². The van der Waals surface area contributed by atoms with Crippen molar-refractivity contribution in [2.45, 2.75) is 0 Å². The van der Waals surface area contributed by atoms with Gasteiger partial charge < -0.3 is 0 Å². The van der Waals surface area contributed by atoms with Crippen LogP contribution in [-0.2, 0) is 0 Å². The number of imidazole rings is 2. The molecule has 0 aliphatic heterocycles. The van der Waals surface area contributed by atoms with Crippen LogP contribution < -0.4 is 11.1 Å². The van der Waals surface area contributed by atoms with Crippen LogP contribution in [-0.4, -0.2) is 18.8 Å². The summed E-state index contributed by atoms with van der Waals surface area (Å²) in [7, 11) is 0. The molecular weight excluding hydrogens is 424 g/mol. The molecule has 7 aromatic heterocycles. The van der Waals surface area contributed by atoms with E-state index in [9.17, 15) is 9.59 Å². The Morgan fingerprint density at radius 2 is 1.17 bits per heavy atom. The largest absolute Gasteiger partial charge is 0.274 e. The van der Waals surface area contributed by atoms with Crippen LogP contribution >= 0.6 is 34.0 Å². The first-order chi connectivity index (χ1) is 14.2. The zero-order chi connectivity index (χ0) is 19.0. The molecule has 9 heteroatoms. The normalized spacial score (nSPS) is 13.1. The van der Waals surface area contributed by atoms with Crippen LogP contribution in [0.4, 0.5) is 0 Å². The SMILES string of the molecule is O=c1c2sc3c(=O)n4c5ccsc5nc4c4ccc(c2c34)c2nc3sccc3n12. The molecule has 0 aliphatic carbocycles. The fourth-order valence-corrected chi connectivity index (χ4v) is 7.22. The molecule has 0 saturated heterocycles. The van der Waals surface area contributed by atoms with Crippen molar-refractivity contribution in [3.05, 3.63) is 55.7 Å². The van der Waals surface area contributed by atoms with E-state index in [-0.39, 0.29) is 11.1 Å². The fraction of sp³-hybridized carbons (Fsp3) is 0. The molecule has 0 fully saturated rings. The number of nitrogens with zero attached hydrogens (tertiary/aromatic N) is 4. The lowest BCUT2D eigenvalue weighted by Crippen LogP contribution is -2.12. The monoisotopic (exact) mass is 430 g/mol. The lowest BCUT2D eigenvalue weighted by molar-refractivity contribution is 1.19. The van der Waals surface area contributed by atoms with Crippen LogP contribution in [0.1, 0.15) is 0 Å². The van der Waals surface area contributed by atoms with E-state index in [1.807, 2.05) is 35.0 Å². The molecule has 0 saturated carbocycles. The van der Waals surface area contributed by atoms with Crippen LogP contribution in [0, 0.1) is 0 Å². The predicted molar refractivity (Wildman–Crippen MR) is 120 cm³/mol. The number of hydrogen-bond acceptors (Lipinski definition) is 7. The number of aromatic nitrogens is 4. The minimum atomic E-state index is -0.111. The Bertz CT molecular complexity index is 1920. The average molecular weight is 430 g/mol. The van der Waals surface area contributed by atoms with Crippen LogP contribution in [0.5, 0.6) is 0 Å². The summed E-state index contributed by atoms with van der Waals surface area (Å²) in [5, 5.41) is 7.36. The van der Waals surface area contributed by atoms with E-state index < -0.39 is 0 Å². The minimum Gasteiger partial charge on any atom is -0.267 e. The zero-order valence-corrected chi connectivity index (χ0v) is 16.7. The summed E-state index contributed by atoms with van der Waals surface area (Å²) in [6.07, 6.45) is 0. The molecule has 0 radical (unpaired) electrons. The van der Waals surface area contributed by atoms with E-state index >= 15 is 0 Å². The third kappa shape index (κ3) is 1.47. The van der Waals surface area contributed by atoms with Gasteiger partial charge in [0.25, 0.3) is 11.1 Å². The van der Waals surface area contributed by atoms with Crippen molar-refractivity contribution in [3.8, 4) is 0 Å². The number of fused-ring (bicyclic) bond motifs is 8. The van der Waals surface area contributed by atoms with E-state index in [0.717, 1.165) is 42.2 Å². The highest BCUT2D eigenvalue weighted by atomic mass is 32.1. The maximum atomic E-state index is 13.4. The number of hydrogen-bond donors (Lipinski definition) is 0. The predicted octanol–water partition coefficient (Wildman–Crippen LogP) is 4.53. The Hall–Kier alpha value is -3.14. The molecular formula is C20H6N4O2S3. The lowest BCUT2D eigenvalue weighted by Gasteiger charge is -2.05. The van der Waals surface area contributed by atoms with Crippen molar-refractivity contribution in [1.29, 1.82) is 0 Å². The zero-order valence-electron chi connectivity index (χ0n) is 14.3. The molecule has 0 atom stereocenters. The number of benzene rings is 1. The third-order valence-corrected chi connectivity index (χ3v) is 8.47. The van der Waals surface area contributed by atoms with Gasteiger partial charge in [0.1, 0.15) is 30.4 Å². The summed E-state index contributed by atoms with van der Waals surface area (Å²) in [6, 6.07) is 7.86. The molecule has 0 spiro atoms. The van der Waals surface area contributed by atoms with Gasteiger partial charge in [-0.05, 0) is 35.0 Å². The van der Waals surface area contributed by atoms with Gasteiger partial charge in [0, 0.05) is 21.5 Å². The summed E-state index contributed by atoms with van der Waals surface area (Å²) in [6.45, 7) is 0. The summed E-state index contributed by atoms with van der Waals surface area (Å²) in [5.74, 6) is 0. The first kappa shape index (κ1) is 14.8. The van der Waals surface area contributed by atoms with E-state index in [1.165, 1.54) is 34.0 Å². The third-order valence-electron chi connectivity index (χ3n) is 5.71. The molecule has 8 rings (SSSR count). The van der Waals surface area contributed by atoms with Crippen molar-refractivity contribution in [2.24, 2.45) is 0 Å². The highest BCUT2D eigenvalue weighted by molar-refractivity contribution is 7.26. The second-order valence-electron chi connectivity index (χ2n) is 7.04. The highest BCUT2D eigenvalue weighted by Gasteiger charge is 2.25. The summed E-state index contributed by atoms with van der Waals surface area (Å²) in [5.41, 5.74) is 2.73. The van der Waals surface area contributed by atoms with Gasteiger partial charge in [-0.3, -0.25) is 18.4 Å². The Labute approximate surface area is 171 Å². The molecule has 0 bridgehead atoms. The van der Waals surface area contributed by atoms with Gasteiger partial charge >= 0.3 is 0 Å². The topological polar surface area (TPSA) is 68.7 Å². The molecule has 0 unspecified atom stereocenters. The van der Waals surface area contributed by atoms with E-state index in [4.69, 9.17) is 9.97 Å². The standard InChI is InChI=1S/C20H6N4O2S3/c25-19-13-11-7(15-21-17-9(23(15)19)3-5-27-17)1-2-8-12(11)14(29-13)20(26)24-10-4-6-28-18(10)22-16(8)24/h1-6H. The smallest absolute Gasteiger partial charge is 0.267 e. The highest BCUT2D eigenvalue weighted by Crippen LogP contribution is 2.41. The van der Waals surface area contributed by atoms with Crippen LogP contribution in [0.3, 0.4) is 0 Å². The van der Waals surface area contributed by atoms with Gasteiger partial charge in [0.2, 0.25) is 0 Å². The number of pyridine rings is 2. The Kier molecular flexibility index (Phi) is 2.31. The first-order valence-electron chi connectivity index (χ1n) is 8.84. The maximum Gasteiger partial charge on any atom is 0.274 e. The Morgan fingerprint density at radius 1 is 0.690 bits per heavy atom. The second kappa shape index (κ2) is 4.54. The van der Waals surface area contributed by atoms with E-state index in [1.54, 1.807) is 8.80 Å². The van der Waals surface area contributed by atoms with Crippen molar-refractivity contribution >= 4 is 96.9 Å². The van der Waals surface area contributed by atoms with Gasteiger partial charge in [0.05, 0.1) is 11.0 Å². The van der Waals surface area contributed by atoms with E-state index in [0.29, 0.717) is 20.7 Å². The summed E-state index contributed by atoms with van der Waals surface area (Å²) in [4.78, 5) is 38.0. The lowest BCUT2D eigenvalue weighted by atomic mass is 10.0. The number of rotatable bonds is 0. The second-order valence-corrected chi connectivity index (χ2v) is 9.85. The number of thiophene rings is 3. The molecule has 6 nitrogen and oxygen atoms in total. The molecule has 0 aliphatic rings. The van der Waals surface area contributed by atoms with Gasteiger partial charge in [0.15, 0.2) is 0 Å². The molecule has 7 heterocycles. The van der Waals surface area contributed by atoms with Crippen LogP contribution in [0.25, 0.3) is 62.9 Å². The van der Waals surface area contributed by atoms with Gasteiger partial charge in [-0.25, -0.2) is 9.97 Å². The molecule has 1 aromatic carbocycles. The molecule has 136 valence electrons.